The average Bonchev–Trinajstić information content (AvgIpc) is 3.37. The number of fused-ring (bicyclic) bond motifs is 2. The number of benzene rings is 2. The maximum atomic E-state index is 11.7. The molecule has 0 spiro atoms. The SMILES string of the molecule is O=S(=O)(O)c1cccc2cc3nc(-c4ccco4)c(-c4ccco4)nc3cc12. The Bertz CT molecular complexity index is 1420. The summed E-state index contributed by atoms with van der Waals surface area (Å²) in [4.78, 5) is 9.16. The van der Waals surface area contributed by atoms with Crippen molar-refractivity contribution in [3.05, 3.63) is 67.1 Å². The summed E-state index contributed by atoms with van der Waals surface area (Å²) < 4.78 is 44.0. The summed E-state index contributed by atoms with van der Waals surface area (Å²) in [5.41, 5.74) is 2.00. The van der Waals surface area contributed by atoms with Gasteiger partial charge in [-0.3, -0.25) is 4.55 Å². The van der Waals surface area contributed by atoms with E-state index in [1.54, 1.807) is 54.8 Å². The van der Waals surface area contributed by atoms with E-state index in [9.17, 15) is 13.0 Å². The highest BCUT2D eigenvalue weighted by Gasteiger charge is 2.19. The van der Waals surface area contributed by atoms with Crippen molar-refractivity contribution in [1.29, 1.82) is 0 Å². The summed E-state index contributed by atoms with van der Waals surface area (Å²) in [5, 5.41) is 0.982. The van der Waals surface area contributed by atoms with Crippen LogP contribution in [-0.4, -0.2) is 22.9 Å². The molecule has 0 saturated carbocycles. The zero-order valence-electron chi connectivity index (χ0n) is 14.2. The highest BCUT2D eigenvalue weighted by atomic mass is 32.2. The molecule has 0 radical (unpaired) electrons. The van der Waals surface area contributed by atoms with E-state index in [0.29, 0.717) is 44.7 Å². The summed E-state index contributed by atoms with van der Waals surface area (Å²) in [6.07, 6.45) is 3.08. The fourth-order valence-corrected chi connectivity index (χ4v) is 3.90. The van der Waals surface area contributed by atoms with E-state index in [-0.39, 0.29) is 4.90 Å². The summed E-state index contributed by atoms with van der Waals surface area (Å²) in [5.74, 6) is 1.04. The molecule has 1 N–H and O–H groups in total. The lowest BCUT2D eigenvalue weighted by Crippen LogP contribution is -2.00. The zero-order chi connectivity index (χ0) is 19.3. The molecular formula is C20H12N2O5S. The molecule has 0 bridgehead atoms. The summed E-state index contributed by atoms with van der Waals surface area (Å²) in [7, 11) is -4.38. The summed E-state index contributed by atoms with van der Waals surface area (Å²) >= 11 is 0. The fourth-order valence-electron chi connectivity index (χ4n) is 3.19. The van der Waals surface area contributed by atoms with Gasteiger partial charge in [0.05, 0.1) is 23.6 Å². The Morgan fingerprint density at radius 2 is 1.39 bits per heavy atom. The Morgan fingerprint density at radius 1 is 0.786 bits per heavy atom. The first-order chi connectivity index (χ1) is 13.5. The lowest BCUT2D eigenvalue weighted by molar-refractivity contribution is 0.484. The van der Waals surface area contributed by atoms with E-state index >= 15 is 0 Å². The molecular weight excluding hydrogens is 380 g/mol. The van der Waals surface area contributed by atoms with Crippen molar-refractivity contribution in [3.8, 4) is 22.9 Å². The fraction of sp³-hybridized carbons (Fsp3) is 0. The predicted molar refractivity (Wildman–Crippen MR) is 102 cm³/mol. The molecule has 0 aliphatic carbocycles. The van der Waals surface area contributed by atoms with Gasteiger partial charge in [-0.05, 0) is 47.9 Å². The predicted octanol–water partition coefficient (Wildman–Crippen LogP) is 4.55. The molecule has 0 fully saturated rings. The van der Waals surface area contributed by atoms with Gasteiger partial charge in [0.15, 0.2) is 11.5 Å². The smallest absolute Gasteiger partial charge is 0.295 e. The molecule has 0 amide bonds. The lowest BCUT2D eigenvalue weighted by Gasteiger charge is -2.09. The Hall–Kier alpha value is -3.49. The molecule has 8 heteroatoms. The molecule has 138 valence electrons. The van der Waals surface area contributed by atoms with Crippen LogP contribution in [-0.2, 0) is 10.1 Å². The van der Waals surface area contributed by atoms with Crippen molar-refractivity contribution >= 4 is 31.9 Å². The largest absolute Gasteiger partial charge is 0.463 e. The van der Waals surface area contributed by atoms with Gasteiger partial charge in [-0.25, -0.2) is 9.97 Å². The Kier molecular flexibility index (Phi) is 3.58. The maximum absolute atomic E-state index is 11.7. The molecule has 5 aromatic rings. The number of furan rings is 2. The highest BCUT2D eigenvalue weighted by molar-refractivity contribution is 7.86. The van der Waals surface area contributed by atoms with Gasteiger partial charge in [0, 0.05) is 5.39 Å². The molecule has 0 aliphatic heterocycles. The van der Waals surface area contributed by atoms with Crippen LogP contribution in [0.2, 0.25) is 0 Å². The monoisotopic (exact) mass is 392 g/mol. The standard InChI is InChI=1S/C20H12N2O5S/c23-28(24,25)18-7-1-4-12-10-14-15(11-13(12)18)22-20(17-6-3-9-27-17)19(21-14)16-5-2-8-26-16/h1-11H,(H,23,24,25). The summed E-state index contributed by atoms with van der Waals surface area (Å²) in [6, 6.07) is 15.0. The average molecular weight is 392 g/mol. The second-order valence-corrected chi connectivity index (χ2v) is 7.56. The molecule has 2 aromatic carbocycles. The Balaban J connectivity index is 1.87. The van der Waals surface area contributed by atoms with Crippen molar-refractivity contribution < 1.29 is 21.8 Å². The maximum Gasteiger partial charge on any atom is 0.295 e. The molecule has 5 rings (SSSR count). The van der Waals surface area contributed by atoms with Crippen LogP contribution >= 0.6 is 0 Å². The number of hydrogen-bond acceptors (Lipinski definition) is 6. The Morgan fingerprint density at radius 3 is 1.93 bits per heavy atom. The third-order valence-electron chi connectivity index (χ3n) is 4.41. The van der Waals surface area contributed by atoms with Crippen molar-refractivity contribution in [2.75, 3.05) is 0 Å². The second kappa shape index (κ2) is 6.01. The van der Waals surface area contributed by atoms with Crippen molar-refractivity contribution in [3.63, 3.8) is 0 Å². The van der Waals surface area contributed by atoms with Crippen LogP contribution in [0.5, 0.6) is 0 Å². The van der Waals surface area contributed by atoms with E-state index in [1.807, 2.05) is 0 Å². The van der Waals surface area contributed by atoms with E-state index in [0.717, 1.165) is 0 Å². The third kappa shape index (κ3) is 2.67. The first kappa shape index (κ1) is 16.7. The minimum absolute atomic E-state index is 0.177. The molecule has 0 aliphatic rings. The first-order valence-electron chi connectivity index (χ1n) is 8.30. The van der Waals surface area contributed by atoms with Gasteiger partial charge in [0.25, 0.3) is 10.1 Å². The van der Waals surface area contributed by atoms with Gasteiger partial charge >= 0.3 is 0 Å². The third-order valence-corrected chi connectivity index (χ3v) is 5.32. The van der Waals surface area contributed by atoms with Crippen LogP contribution in [0.1, 0.15) is 0 Å². The topological polar surface area (TPSA) is 106 Å². The zero-order valence-corrected chi connectivity index (χ0v) is 15.1. The molecule has 0 atom stereocenters. The number of nitrogens with zero attached hydrogens (tertiary/aromatic N) is 2. The molecule has 7 nitrogen and oxygen atoms in total. The quantitative estimate of drug-likeness (QED) is 0.354. The minimum Gasteiger partial charge on any atom is -0.463 e. The van der Waals surface area contributed by atoms with Crippen LogP contribution in [0.4, 0.5) is 0 Å². The van der Waals surface area contributed by atoms with Crippen LogP contribution in [0.15, 0.2) is 80.9 Å². The molecule has 28 heavy (non-hydrogen) atoms. The number of aromatic nitrogens is 2. The van der Waals surface area contributed by atoms with Gasteiger partial charge < -0.3 is 8.83 Å². The van der Waals surface area contributed by atoms with Gasteiger partial charge in [-0.15, -0.1) is 0 Å². The van der Waals surface area contributed by atoms with Gasteiger partial charge in [0.2, 0.25) is 0 Å². The second-order valence-electron chi connectivity index (χ2n) is 6.17. The van der Waals surface area contributed by atoms with Crippen LogP contribution in [0, 0.1) is 0 Å². The molecule has 3 aromatic heterocycles. The molecule has 0 unspecified atom stereocenters. The first-order valence-corrected chi connectivity index (χ1v) is 9.74. The number of rotatable bonds is 3. The van der Waals surface area contributed by atoms with Gasteiger partial charge in [-0.1, -0.05) is 12.1 Å². The van der Waals surface area contributed by atoms with Gasteiger partial charge in [0.1, 0.15) is 16.3 Å². The number of hydrogen-bond donors (Lipinski definition) is 1. The van der Waals surface area contributed by atoms with Crippen molar-refractivity contribution in [1.82, 2.24) is 9.97 Å². The molecule has 3 heterocycles. The minimum atomic E-state index is -4.38. The van der Waals surface area contributed by atoms with E-state index in [4.69, 9.17) is 8.83 Å². The van der Waals surface area contributed by atoms with E-state index < -0.39 is 10.1 Å². The van der Waals surface area contributed by atoms with E-state index in [1.165, 1.54) is 12.3 Å². The van der Waals surface area contributed by atoms with Crippen molar-refractivity contribution in [2.45, 2.75) is 4.90 Å². The lowest BCUT2D eigenvalue weighted by atomic mass is 10.1. The van der Waals surface area contributed by atoms with E-state index in [2.05, 4.69) is 9.97 Å². The summed E-state index contributed by atoms with van der Waals surface area (Å²) in [6.45, 7) is 0. The van der Waals surface area contributed by atoms with Crippen LogP contribution in [0.3, 0.4) is 0 Å². The van der Waals surface area contributed by atoms with Gasteiger partial charge in [-0.2, -0.15) is 8.42 Å². The normalized spacial score (nSPS) is 12.0. The van der Waals surface area contributed by atoms with Crippen LogP contribution in [0.25, 0.3) is 44.7 Å². The Labute approximate surface area is 159 Å². The highest BCUT2D eigenvalue weighted by Crippen LogP contribution is 2.33. The molecule has 0 saturated heterocycles. The van der Waals surface area contributed by atoms with Crippen LogP contribution < -0.4 is 0 Å². The van der Waals surface area contributed by atoms with Crippen molar-refractivity contribution in [2.24, 2.45) is 0 Å².